The van der Waals surface area contributed by atoms with E-state index in [-0.39, 0.29) is 11.3 Å². The molecule has 0 bridgehead atoms. The SMILES string of the molecule is CCCC[C@H](NC(=O)C(C)(NC(C)=O)c1ccc(S(C)(=O)=O)cc1)C(=O)O. The highest BCUT2D eigenvalue weighted by atomic mass is 32.2. The molecule has 1 aromatic carbocycles. The summed E-state index contributed by atoms with van der Waals surface area (Å²) in [6.07, 6.45) is 2.72. The highest BCUT2D eigenvalue weighted by Gasteiger charge is 2.38. The second-order valence-corrected chi connectivity index (χ2v) is 8.62. The lowest BCUT2D eigenvalue weighted by Crippen LogP contribution is -2.57. The van der Waals surface area contributed by atoms with Crippen LogP contribution in [0.1, 0.15) is 45.6 Å². The Labute approximate surface area is 159 Å². The molecule has 0 aliphatic heterocycles. The summed E-state index contributed by atoms with van der Waals surface area (Å²) in [7, 11) is -3.41. The van der Waals surface area contributed by atoms with Crippen molar-refractivity contribution in [1.29, 1.82) is 0 Å². The molecule has 1 rings (SSSR count). The van der Waals surface area contributed by atoms with Crippen molar-refractivity contribution in [2.45, 2.75) is 56.5 Å². The molecule has 0 aliphatic carbocycles. The molecule has 0 heterocycles. The molecule has 2 amide bonds. The second-order valence-electron chi connectivity index (χ2n) is 6.61. The zero-order valence-corrected chi connectivity index (χ0v) is 16.7. The number of carboxylic acid groups (broad SMARTS) is 1. The van der Waals surface area contributed by atoms with Gasteiger partial charge in [0.15, 0.2) is 9.84 Å². The molecule has 0 saturated carbocycles. The lowest BCUT2D eigenvalue weighted by Gasteiger charge is -2.31. The fraction of sp³-hybridized carbons (Fsp3) is 0.500. The van der Waals surface area contributed by atoms with Crippen LogP contribution in [0.2, 0.25) is 0 Å². The van der Waals surface area contributed by atoms with Crippen LogP contribution >= 0.6 is 0 Å². The number of hydrogen-bond donors (Lipinski definition) is 3. The van der Waals surface area contributed by atoms with Gasteiger partial charge in [-0.25, -0.2) is 13.2 Å². The number of sulfone groups is 1. The van der Waals surface area contributed by atoms with Gasteiger partial charge in [-0.15, -0.1) is 0 Å². The smallest absolute Gasteiger partial charge is 0.326 e. The van der Waals surface area contributed by atoms with Gasteiger partial charge >= 0.3 is 5.97 Å². The van der Waals surface area contributed by atoms with E-state index in [1.165, 1.54) is 38.1 Å². The Morgan fingerprint density at radius 1 is 1.19 bits per heavy atom. The molecular weight excluding hydrogens is 372 g/mol. The lowest BCUT2D eigenvalue weighted by atomic mass is 9.90. The van der Waals surface area contributed by atoms with E-state index >= 15 is 0 Å². The van der Waals surface area contributed by atoms with Crippen LogP contribution in [0.25, 0.3) is 0 Å². The number of aliphatic carboxylic acids is 1. The highest BCUT2D eigenvalue weighted by molar-refractivity contribution is 7.90. The molecular formula is C18H26N2O6S. The number of unbranched alkanes of at least 4 members (excludes halogenated alkanes) is 1. The standard InChI is InChI=1S/C18H26N2O6S/c1-5-6-7-15(16(22)23)19-17(24)18(3,20-12(2)21)13-8-10-14(11-9-13)27(4,25)26/h8-11,15H,5-7H2,1-4H3,(H,19,24)(H,20,21)(H,22,23)/t15-,18?/m0/s1. The number of amides is 2. The third-order valence-corrected chi connectivity index (χ3v) is 5.32. The molecule has 0 aliphatic rings. The van der Waals surface area contributed by atoms with Crippen molar-refractivity contribution in [3.8, 4) is 0 Å². The van der Waals surface area contributed by atoms with E-state index in [1.54, 1.807) is 0 Å². The van der Waals surface area contributed by atoms with E-state index in [1.807, 2.05) is 6.92 Å². The number of carboxylic acids is 1. The van der Waals surface area contributed by atoms with Gasteiger partial charge in [0.25, 0.3) is 5.91 Å². The Hall–Kier alpha value is -2.42. The normalized spacial score (nSPS) is 14.7. The van der Waals surface area contributed by atoms with Gasteiger partial charge in [-0.3, -0.25) is 9.59 Å². The molecule has 8 nitrogen and oxygen atoms in total. The minimum Gasteiger partial charge on any atom is -0.480 e. The van der Waals surface area contributed by atoms with E-state index in [2.05, 4.69) is 10.6 Å². The Morgan fingerprint density at radius 2 is 1.74 bits per heavy atom. The van der Waals surface area contributed by atoms with Crippen LogP contribution in [0.3, 0.4) is 0 Å². The third-order valence-electron chi connectivity index (χ3n) is 4.19. The van der Waals surface area contributed by atoms with Gasteiger partial charge in [0.2, 0.25) is 5.91 Å². The minimum absolute atomic E-state index is 0.0724. The average Bonchev–Trinajstić information content (AvgIpc) is 2.56. The van der Waals surface area contributed by atoms with Gasteiger partial charge in [0.05, 0.1) is 4.90 Å². The summed E-state index contributed by atoms with van der Waals surface area (Å²) in [4.78, 5) is 36.0. The van der Waals surface area contributed by atoms with Crippen molar-refractivity contribution in [2.75, 3.05) is 6.26 Å². The van der Waals surface area contributed by atoms with Crippen molar-refractivity contribution in [2.24, 2.45) is 0 Å². The monoisotopic (exact) mass is 398 g/mol. The number of rotatable bonds is 9. The Morgan fingerprint density at radius 3 is 2.15 bits per heavy atom. The van der Waals surface area contributed by atoms with E-state index in [4.69, 9.17) is 0 Å². The molecule has 1 aromatic rings. The predicted octanol–water partition coefficient (Wildman–Crippen LogP) is 1.20. The molecule has 0 radical (unpaired) electrons. The van der Waals surface area contributed by atoms with Gasteiger partial charge in [-0.1, -0.05) is 31.9 Å². The van der Waals surface area contributed by atoms with Crippen LogP contribution in [-0.2, 0) is 29.8 Å². The Kier molecular flexibility index (Phi) is 7.53. The maximum Gasteiger partial charge on any atom is 0.326 e. The molecule has 2 atom stereocenters. The molecule has 150 valence electrons. The van der Waals surface area contributed by atoms with Crippen LogP contribution in [0, 0.1) is 0 Å². The molecule has 27 heavy (non-hydrogen) atoms. The zero-order valence-electron chi connectivity index (χ0n) is 15.9. The van der Waals surface area contributed by atoms with Crippen molar-refractivity contribution in [3.63, 3.8) is 0 Å². The van der Waals surface area contributed by atoms with Crippen molar-refractivity contribution < 1.29 is 27.9 Å². The summed E-state index contributed by atoms with van der Waals surface area (Å²) < 4.78 is 23.2. The fourth-order valence-electron chi connectivity index (χ4n) is 2.62. The molecule has 0 saturated heterocycles. The number of carbonyl (C=O) groups excluding carboxylic acids is 2. The quantitative estimate of drug-likeness (QED) is 0.573. The number of nitrogens with one attached hydrogen (secondary N) is 2. The summed E-state index contributed by atoms with van der Waals surface area (Å²) in [5.74, 6) is -2.33. The van der Waals surface area contributed by atoms with Crippen LogP contribution in [0.5, 0.6) is 0 Å². The summed E-state index contributed by atoms with van der Waals surface area (Å²) in [5.41, 5.74) is -1.22. The summed E-state index contributed by atoms with van der Waals surface area (Å²) in [6.45, 7) is 4.59. The fourth-order valence-corrected chi connectivity index (χ4v) is 3.25. The maximum atomic E-state index is 12.9. The molecule has 0 fully saturated rings. The summed E-state index contributed by atoms with van der Waals surface area (Å²) in [6, 6.07) is 4.44. The van der Waals surface area contributed by atoms with E-state index < -0.39 is 39.2 Å². The molecule has 9 heteroatoms. The summed E-state index contributed by atoms with van der Waals surface area (Å²) >= 11 is 0. The van der Waals surface area contributed by atoms with Gasteiger partial charge in [0.1, 0.15) is 11.6 Å². The zero-order chi connectivity index (χ0) is 20.8. The first-order valence-corrected chi connectivity index (χ1v) is 10.4. The second kappa shape index (κ2) is 8.98. The first-order chi connectivity index (χ1) is 12.4. The first-order valence-electron chi connectivity index (χ1n) is 8.55. The number of carbonyl (C=O) groups is 3. The van der Waals surface area contributed by atoms with Gasteiger partial charge in [0, 0.05) is 13.2 Å². The van der Waals surface area contributed by atoms with Gasteiger partial charge < -0.3 is 15.7 Å². The van der Waals surface area contributed by atoms with E-state index in [9.17, 15) is 27.9 Å². The molecule has 1 unspecified atom stereocenters. The van der Waals surface area contributed by atoms with Crippen molar-refractivity contribution in [1.82, 2.24) is 10.6 Å². The molecule has 3 N–H and O–H groups in total. The van der Waals surface area contributed by atoms with Crippen molar-refractivity contribution in [3.05, 3.63) is 29.8 Å². The topological polar surface area (TPSA) is 130 Å². The van der Waals surface area contributed by atoms with Crippen molar-refractivity contribution >= 4 is 27.6 Å². The van der Waals surface area contributed by atoms with Crippen LogP contribution < -0.4 is 10.6 Å². The first kappa shape index (κ1) is 22.6. The average molecular weight is 398 g/mol. The number of benzene rings is 1. The Balaban J connectivity index is 3.23. The van der Waals surface area contributed by atoms with Crippen LogP contribution in [0.15, 0.2) is 29.2 Å². The van der Waals surface area contributed by atoms with Crippen LogP contribution in [0.4, 0.5) is 0 Å². The highest BCUT2D eigenvalue weighted by Crippen LogP contribution is 2.23. The van der Waals surface area contributed by atoms with E-state index in [0.717, 1.165) is 12.7 Å². The van der Waals surface area contributed by atoms with Gasteiger partial charge in [-0.05, 0) is 31.0 Å². The van der Waals surface area contributed by atoms with Gasteiger partial charge in [-0.2, -0.15) is 0 Å². The minimum atomic E-state index is -3.41. The third kappa shape index (κ3) is 6.06. The largest absolute Gasteiger partial charge is 0.480 e. The van der Waals surface area contributed by atoms with Crippen LogP contribution in [-0.4, -0.2) is 43.6 Å². The van der Waals surface area contributed by atoms with E-state index in [0.29, 0.717) is 12.0 Å². The summed E-state index contributed by atoms with van der Waals surface area (Å²) in [5, 5.41) is 14.3. The molecule has 0 spiro atoms. The molecule has 0 aromatic heterocycles. The lowest BCUT2D eigenvalue weighted by molar-refractivity contribution is -0.143. The maximum absolute atomic E-state index is 12.9. The number of hydrogen-bond acceptors (Lipinski definition) is 5. The predicted molar refractivity (Wildman–Crippen MR) is 99.8 cm³/mol. The Bertz CT molecular complexity index is 804.